The third-order valence-electron chi connectivity index (χ3n) is 1.88. The monoisotopic (exact) mass is 238 g/mol. The van der Waals surface area contributed by atoms with Gasteiger partial charge in [0.05, 0.1) is 5.02 Å². The van der Waals surface area contributed by atoms with Crippen molar-refractivity contribution in [3.05, 3.63) is 41.2 Å². The number of rotatable bonds is 2. The molecule has 0 amide bonds. The van der Waals surface area contributed by atoms with Crippen molar-refractivity contribution < 1.29 is 4.39 Å². The smallest absolute Gasteiger partial charge is 0.153 e. The lowest BCUT2D eigenvalue weighted by Crippen LogP contribution is -1.98. The van der Waals surface area contributed by atoms with E-state index in [1.54, 1.807) is 18.2 Å². The summed E-state index contributed by atoms with van der Waals surface area (Å²) in [5.74, 6) is 0.384. The molecule has 2 aromatic rings. The molecule has 0 fully saturated rings. The van der Waals surface area contributed by atoms with Gasteiger partial charge in [-0.1, -0.05) is 11.6 Å². The molecule has 4 nitrogen and oxygen atoms in total. The van der Waals surface area contributed by atoms with Gasteiger partial charge in [0.15, 0.2) is 5.82 Å². The first-order valence-corrected chi connectivity index (χ1v) is 4.84. The van der Waals surface area contributed by atoms with E-state index in [9.17, 15) is 4.39 Å². The maximum absolute atomic E-state index is 12.9. The Kier molecular flexibility index (Phi) is 2.87. The lowest BCUT2D eigenvalue weighted by Gasteiger charge is -2.05. The first-order chi connectivity index (χ1) is 7.65. The van der Waals surface area contributed by atoms with Crippen LogP contribution in [-0.4, -0.2) is 10.2 Å². The number of nitrogen functional groups attached to an aromatic ring is 1. The molecule has 2 rings (SSSR count). The number of benzene rings is 1. The summed E-state index contributed by atoms with van der Waals surface area (Å²) >= 11 is 5.63. The average Bonchev–Trinajstić information content (AvgIpc) is 2.27. The van der Waals surface area contributed by atoms with Gasteiger partial charge < -0.3 is 11.1 Å². The van der Waals surface area contributed by atoms with Crippen molar-refractivity contribution in [3.8, 4) is 0 Å². The zero-order chi connectivity index (χ0) is 11.5. The van der Waals surface area contributed by atoms with E-state index < -0.39 is 5.82 Å². The molecule has 1 aromatic carbocycles. The van der Waals surface area contributed by atoms with Crippen LogP contribution in [0.25, 0.3) is 0 Å². The standard InChI is InChI=1S/C10H8ClFN4/c11-7-5-6(1-2-8(7)12)14-10-4-3-9(13)15-16-10/h1-5H,(H2,13,15)(H,14,16). The molecule has 0 aliphatic rings. The van der Waals surface area contributed by atoms with Crippen LogP contribution in [0.15, 0.2) is 30.3 Å². The summed E-state index contributed by atoms with van der Waals surface area (Å²) < 4.78 is 12.9. The Morgan fingerprint density at radius 1 is 1.19 bits per heavy atom. The fourth-order valence-corrected chi connectivity index (χ4v) is 1.31. The van der Waals surface area contributed by atoms with E-state index >= 15 is 0 Å². The van der Waals surface area contributed by atoms with Crippen molar-refractivity contribution >= 4 is 28.9 Å². The fourth-order valence-electron chi connectivity index (χ4n) is 1.13. The zero-order valence-electron chi connectivity index (χ0n) is 8.11. The van der Waals surface area contributed by atoms with Crippen molar-refractivity contribution in [1.29, 1.82) is 0 Å². The molecule has 0 saturated heterocycles. The van der Waals surface area contributed by atoms with Crippen LogP contribution in [0.1, 0.15) is 0 Å². The zero-order valence-corrected chi connectivity index (χ0v) is 8.87. The summed E-state index contributed by atoms with van der Waals surface area (Å²) in [5, 5.41) is 10.4. The molecule has 0 bridgehead atoms. The quantitative estimate of drug-likeness (QED) is 0.844. The number of nitrogens with zero attached hydrogens (tertiary/aromatic N) is 2. The molecule has 0 radical (unpaired) electrons. The van der Waals surface area contributed by atoms with E-state index in [0.29, 0.717) is 17.3 Å². The van der Waals surface area contributed by atoms with E-state index in [1.165, 1.54) is 12.1 Å². The largest absolute Gasteiger partial charge is 0.382 e. The van der Waals surface area contributed by atoms with Crippen LogP contribution in [0.5, 0.6) is 0 Å². The molecule has 0 aliphatic heterocycles. The van der Waals surface area contributed by atoms with Crippen LogP contribution in [0.3, 0.4) is 0 Å². The third-order valence-corrected chi connectivity index (χ3v) is 2.17. The van der Waals surface area contributed by atoms with Gasteiger partial charge in [0, 0.05) is 5.69 Å². The number of halogens is 2. The predicted molar refractivity (Wildman–Crippen MR) is 61.1 cm³/mol. The maximum Gasteiger partial charge on any atom is 0.153 e. The SMILES string of the molecule is Nc1ccc(Nc2ccc(F)c(Cl)c2)nn1. The number of hydrogen-bond donors (Lipinski definition) is 2. The normalized spacial score (nSPS) is 10.1. The molecule has 3 N–H and O–H groups in total. The van der Waals surface area contributed by atoms with Gasteiger partial charge in [0.2, 0.25) is 0 Å². The first-order valence-electron chi connectivity index (χ1n) is 4.46. The van der Waals surface area contributed by atoms with Gasteiger partial charge in [-0.15, -0.1) is 10.2 Å². The van der Waals surface area contributed by atoms with Gasteiger partial charge in [-0.3, -0.25) is 0 Å². The first kappa shape index (κ1) is 10.6. The Bertz CT molecular complexity index is 501. The summed E-state index contributed by atoms with van der Waals surface area (Å²) in [4.78, 5) is 0. The highest BCUT2D eigenvalue weighted by molar-refractivity contribution is 6.31. The number of hydrogen-bond acceptors (Lipinski definition) is 4. The van der Waals surface area contributed by atoms with Crippen molar-refractivity contribution in [2.24, 2.45) is 0 Å². The Morgan fingerprint density at radius 2 is 2.00 bits per heavy atom. The highest BCUT2D eigenvalue weighted by Crippen LogP contribution is 2.21. The van der Waals surface area contributed by atoms with E-state index in [0.717, 1.165) is 0 Å². The highest BCUT2D eigenvalue weighted by atomic mass is 35.5. The van der Waals surface area contributed by atoms with Gasteiger partial charge in [-0.05, 0) is 30.3 Å². The fraction of sp³-hybridized carbons (Fsp3) is 0. The summed E-state index contributed by atoms with van der Waals surface area (Å²) in [6, 6.07) is 7.57. The predicted octanol–water partition coefficient (Wildman–Crippen LogP) is 2.59. The van der Waals surface area contributed by atoms with Crippen molar-refractivity contribution in [3.63, 3.8) is 0 Å². The van der Waals surface area contributed by atoms with Crippen molar-refractivity contribution in [1.82, 2.24) is 10.2 Å². The number of anilines is 3. The molecular formula is C10H8ClFN4. The Balaban J connectivity index is 2.20. The summed E-state index contributed by atoms with van der Waals surface area (Å²) in [6.45, 7) is 0. The van der Waals surface area contributed by atoms with Crippen LogP contribution >= 0.6 is 11.6 Å². The van der Waals surface area contributed by atoms with Gasteiger partial charge in [0.25, 0.3) is 0 Å². The maximum atomic E-state index is 12.9. The average molecular weight is 239 g/mol. The van der Waals surface area contributed by atoms with Crippen molar-refractivity contribution in [2.45, 2.75) is 0 Å². The molecule has 0 spiro atoms. The van der Waals surface area contributed by atoms with Crippen LogP contribution in [0.4, 0.5) is 21.7 Å². The molecular weight excluding hydrogens is 231 g/mol. The summed E-state index contributed by atoms with van der Waals surface area (Å²) in [5.41, 5.74) is 6.02. The van der Waals surface area contributed by atoms with Crippen LogP contribution < -0.4 is 11.1 Å². The topological polar surface area (TPSA) is 63.8 Å². The van der Waals surface area contributed by atoms with Crippen LogP contribution in [0, 0.1) is 5.82 Å². The lowest BCUT2D eigenvalue weighted by molar-refractivity contribution is 0.628. The number of nitrogens with one attached hydrogen (secondary N) is 1. The summed E-state index contributed by atoms with van der Waals surface area (Å²) in [6.07, 6.45) is 0. The van der Waals surface area contributed by atoms with Crippen LogP contribution in [0.2, 0.25) is 5.02 Å². The Hall–Kier alpha value is -1.88. The van der Waals surface area contributed by atoms with Gasteiger partial charge in [0.1, 0.15) is 11.6 Å². The molecule has 6 heteroatoms. The van der Waals surface area contributed by atoms with Crippen molar-refractivity contribution in [2.75, 3.05) is 11.1 Å². The molecule has 1 heterocycles. The minimum absolute atomic E-state index is 0.0494. The van der Waals surface area contributed by atoms with E-state index in [-0.39, 0.29) is 5.02 Å². The summed E-state index contributed by atoms with van der Waals surface area (Å²) in [7, 11) is 0. The molecule has 1 aromatic heterocycles. The van der Waals surface area contributed by atoms with E-state index in [4.69, 9.17) is 17.3 Å². The van der Waals surface area contributed by atoms with E-state index in [2.05, 4.69) is 15.5 Å². The molecule has 0 unspecified atom stereocenters. The second-order valence-corrected chi connectivity index (χ2v) is 3.50. The Morgan fingerprint density at radius 3 is 2.62 bits per heavy atom. The number of aromatic nitrogens is 2. The molecule has 0 aliphatic carbocycles. The lowest BCUT2D eigenvalue weighted by atomic mass is 10.3. The molecule has 0 saturated carbocycles. The van der Waals surface area contributed by atoms with Gasteiger partial charge in [-0.25, -0.2) is 4.39 Å². The molecule has 82 valence electrons. The second-order valence-electron chi connectivity index (χ2n) is 3.10. The molecule has 16 heavy (non-hydrogen) atoms. The number of nitrogens with two attached hydrogens (primary N) is 1. The highest BCUT2D eigenvalue weighted by Gasteiger charge is 2.01. The minimum Gasteiger partial charge on any atom is -0.382 e. The third kappa shape index (κ3) is 2.38. The Labute approximate surface area is 96.3 Å². The minimum atomic E-state index is -0.462. The molecule has 0 atom stereocenters. The second kappa shape index (κ2) is 4.32. The van der Waals surface area contributed by atoms with Gasteiger partial charge >= 0.3 is 0 Å². The van der Waals surface area contributed by atoms with E-state index in [1.807, 2.05) is 0 Å². The van der Waals surface area contributed by atoms with Gasteiger partial charge in [-0.2, -0.15) is 0 Å². The van der Waals surface area contributed by atoms with Crippen LogP contribution in [-0.2, 0) is 0 Å².